The lowest BCUT2D eigenvalue weighted by Gasteiger charge is -2.34. The maximum absolute atomic E-state index is 12.6. The Balaban J connectivity index is 1.45. The first kappa shape index (κ1) is 14.2. The van der Waals surface area contributed by atoms with Crippen LogP contribution in [0.1, 0.15) is 16.8 Å². The number of anilines is 1. The summed E-state index contributed by atoms with van der Waals surface area (Å²) in [7, 11) is 0. The number of hydrogen-bond donors (Lipinski definition) is 0. The van der Waals surface area contributed by atoms with E-state index in [0.717, 1.165) is 44.0 Å². The standard InChI is InChI=1S/C18H20N4O/c23-18(14-4-2-1-3-5-14)22-11-15-6-9-21(12-16(15)13-22)17-10-19-7-8-20-17/h1-5,7-8,10,15-16H,6,9,11-13H2/t15-,16-/m0/s1. The molecule has 118 valence electrons. The Morgan fingerprint density at radius 2 is 1.87 bits per heavy atom. The van der Waals surface area contributed by atoms with Crippen LogP contribution >= 0.6 is 0 Å². The molecule has 3 heterocycles. The van der Waals surface area contributed by atoms with Gasteiger partial charge in [-0.05, 0) is 30.4 Å². The molecule has 0 saturated carbocycles. The molecule has 0 bridgehead atoms. The summed E-state index contributed by atoms with van der Waals surface area (Å²) in [5.41, 5.74) is 0.789. The fourth-order valence-electron chi connectivity index (χ4n) is 3.76. The molecule has 2 saturated heterocycles. The number of nitrogens with zero attached hydrogens (tertiary/aromatic N) is 4. The van der Waals surface area contributed by atoms with Crippen molar-refractivity contribution in [3.8, 4) is 0 Å². The van der Waals surface area contributed by atoms with Crippen molar-refractivity contribution >= 4 is 11.7 Å². The van der Waals surface area contributed by atoms with Gasteiger partial charge in [0.25, 0.3) is 5.91 Å². The third-order valence-electron chi connectivity index (χ3n) is 4.98. The highest BCUT2D eigenvalue weighted by Gasteiger charge is 2.39. The van der Waals surface area contributed by atoms with E-state index in [9.17, 15) is 4.79 Å². The summed E-state index contributed by atoms with van der Waals surface area (Å²) >= 11 is 0. The van der Waals surface area contributed by atoms with Gasteiger partial charge in [-0.2, -0.15) is 0 Å². The summed E-state index contributed by atoms with van der Waals surface area (Å²) in [5.74, 6) is 2.24. The summed E-state index contributed by atoms with van der Waals surface area (Å²) in [6.45, 7) is 3.68. The lowest BCUT2D eigenvalue weighted by atomic mass is 9.89. The predicted octanol–water partition coefficient (Wildman–Crippen LogP) is 2.08. The van der Waals surface area contributed by atoms with Gasteiger partial charge in [-0.1, -0.05) is 18.2 Å². The first-order valence-electron chi connectivity index (χ1n) is 8.16. The molecule has 0 spiro atoms. The van der Waals surface area contributed by atoms with Gasteiger partial charge in [0.2, 0.25) is 0 Å². The minimum absolute atomic E-state index is 0.158. The molecule has 1 aromatic carbocycles. The predicted molar refractivity (Wildman–Crippen MR) is 88.2 cm³/mol. The van der Waals surface area contributed by atoms with Crippen molar-refractivity contribution in [2.75, 3.05) is 31.1 Å². The van der Waals surface area contributed by atoms with Gasteiger partial charge in [-0.15, -0.1) is 0 Å². The van der Waals surface area contributed by atoms with Crippen LogP contribution in [0.2, 0.25) is 0 Å². The van der Waals surface area contributed by atoms with Gasteiger partial charge >= 0.3 is 0 Å². The molecule has 1 amide bonds. The summed E-state index contributed by atoms with van der Waals surface area (Å²) in [6, 6.07) is 9.59. The Labute approximate surface area is 136 Å². The highest BCUT2D eigenvalue weighted by atomic mass is 16.2. The number of likely N-dealkylation sites (tertiary alicyclic amines) is 1. The summed E-state index contributed by atoms with van der Waals surface area (Å²) in [6.07, 6.45) is 6.37. The molecule has 1 aromatic heterocycles. The van der Waals surface area contributed by atoms with Crippen LogP contribution in [0.5, 0.6) is 0 Å². The molecule has 0 aliphatic carbocycles. The van der Waals surface area contributed by atoms with Crippen molar-refractivity contribution in [2.24, 2.45) is 11.8 Å². The number of hydrogen-bond acceptors (Lipinski definition) is 4. The SMILES string of the molecule is O=C(c1ccccc1)N1C[C@@H]2CN(c3cnccn3)CC[C@H]2C1. The van der Waals surface area contributed by atoms with Gasteiger partial charge in [0.1, 0.15) is 5.82 Å². The van der Waals surface area contributed by atoms with Crippen LogP contribution in [0.4, 0.5) is 5.82 Å². The Morgan fingerprint density at radius 1 is 1.04 bits per heavy atom. The number of amides is 1. The van der Waals surface area contributed by atoms with E-state index in [0.29, 0.717) is 11.8 Å². The van der Waals surface area contributed by atoms with E-state index in [4.69, 9.17) is 0 Å². The molecular formula is C18H20N4O. The Morgan fingerprint density at radius 3 is 2.65 bits per heavy atom. The zero-order valence-electron chi connectivity index (χ0n) is 13.0. The zero-order chi connectivity index (χ0) is 15.6. The molecule has 0 unspecified atom stereocenters. The second-order valence-electron chi connectivity index (χ2n) is 6.39. The van der Waals surface area contributed by atoms with Gasteiger partial charge in [0, 0.05) is 44.1 Å². The molecule has 5 heteroatoms. The first-order chi connectivity index (χ1) is 11.3. The maximum Gasteiger partial charge on any atom is 0.253 e. The van der Waals surface area contributed by atoms with Crippen LogP contribution in [-0.4, -0.2) is 47.0 Å². The molecule has 2 aliphatic rings. The minimum Gasteiger partial charge on any atom is -0.355 e. The summed E-state index contributed by atoms with van der Waals surface area (Å²) in [5, 5.41) is 0. The van der Waals surface area contributed by atoms with Crippen LogP contribution in [0, 0.1) is 11.8 Å². The van der Waals surface area contributed by atoms with Gasteiger partial charge < -0.3 is 9.80 Å². The number of benzene rings is 1. The van der Waals surface area contributed by atoms with Crippen LogP contribution in [0.25, 0.3) is 0 Å². The molecule has 0 N–H and O–H groups in total. The molecule has 2 fully saturated rings. The first-order valence-corrected chi connectivity index (χ1v) is 8.16. The van der Waals surface area contributed by atoms with E-state index < -0.39 is 0 Å². The Hall–Kier alpha value is -2.43. The van der Waals surface area contributed by atoms with E-state index in [1.165, 1.54) is 0 Å². The van der Waals surface area contributed by atoms with Gasteiger partial charge in [0.15, 0.2) is 0 Å². The van der Waals surface area contributed by atoms with Crippen molar-refractivity contribution in [3.63, 3.8) is 0 Å². The van der Waals surface area contributed by atoms with Crippen LogP contribution in [-0.2, 0) is 0 Å². The van der Waals surface area contributed by atoms with Crippen molar-refractivity contribution < 1.29 is 4.79 Å². The fourth-order valence-corrected chi connectivity index (χ4v) is 3.76. The molecule has 4 rings (SSSR count). The van der Waals surface area contributed by atoms with Crippen molar-refractivity contribution in [1.29, 1.82) is 0 Å². The molecule has 2 aromatic rings. The third-order valence-corrected chi connectivity index (χ3v) is 4.98. The van der Waals surface area contributed by atoms with Crippen molar-refractivity contribution in [2.45, 2.75) is 6.42 Å². The number of fused-ring (bicyclic) bond motifs is 1. The Kier molecular flexibility index (Phi) is 3.69. The monoisotopic (exact) mass is 308 g/mol. The Bertz CT molecular complexity index is 676. The van der Waals surface area contributed by atoms with Gasteiger partial charge in [0.05, 0.1) is 6.20 Å². The molecule has 2 aliphatic heterocycles. The molecule has 0 radical (unpaired) electrons. The van der Waals surface area contributed by atoms with Crippen LogP contribution in [0.15, 0.2) is 48.9 Å². The third kappa shape index (κ3) is 2.79. The lowest BCUT2D eigenvalue weighted by molar-refractivity contribution is 0.0784. The largest absolute Gasteiger partial charge is 0.355 e. The van der Waals surface area contributed by atoms with E-state index >= 15 is 0 Å². The number of piperidine rings is 1. The topological polar surface area (TPSA) is 49.3 Å². The average Bonchev–Trinajstić information content (AvgIpc) is 3.06. The van der Waals surface area contributed by atoms with Crippen molar-refractivity contribution in [3.05, 3.63) is 54.5 Å². The second-order valence-corrected chi connectivity index (χ2v) is 6.39. The molecule has 2 atom stereocenters. The molecular weight excluding hydrogens is 288 g/mol. The molecule has 5 nitrogen and oxygen atoms in total. The number of carbonyl (C=O) groups is 1. The molecule has 23 heavy (non-hydrogen) atoms. The summed E-state index contributed by atoms with van der Waals surface area (Å²) in [4.78, 5) is 25.5. The fraction of sp³-hybridized carbons (Fsp3) is 0.389. The van der Waals surface area contributed by atoms with Gasteiger partial charge in [-0.3, -0.25) is 9.78 Å². The highest BCUT2D eigenvalue weighted by Crippen LogP contribution is 2.33. The van der Waals surface area contributed by atoms with E-state index in [2.05, 4.69) is 14.9 Å². The second kappa shape index (κ2) is 5.99. The number of aromatic nitrogens is 2. The maximum atomic E-state index is 12.6. The zero-order valence-corrected chi connectivity index (χ0v) is 13.0. The van der Waals surface area contributed by atoms with E-state index in [1.807, 2.05) is 41.4 Å². The quantitative estimate of drug-likeness (QED) is 0.852. The smallest absolute Gasteiger partial charge is 0.253 e. The van der Waals surface area contributed by atoms with Crippen LogP contribution < -0.4 is 4.90 Å². The van der Waals surface area contributed by atoms with E-state index in [1.54, 1.807) is 12.4 Å². The highest BCUT2D eigenvalue weighted by molar-refractivity contribution is 5.94. The lowest BCUT2D eigenvalue weighted by Crippen LogP contribution is -2.40. The summed E-state index contributed by atoms with van der Waals surface area (Å²) < 4.78 is 0. The van der Waals surface area contributed by atoms with E-state index in [-0.39, 0.29) is 5.91 Å². The van der Waals surface area contributed by atoms with Crippen LogP contribution in [0.3, 0.4) is 0 Å². The minimum atomic E-state index is 0.158. The average molecular weight is 308 g/mol. The number of rotatable bonds is 2. The van der Waals surface area contributed by atoms with Gasteiger partial charge in [-0.25, -0.2) is 4.98 Å². The normalized spacial score (nSPS) is 23.7. The number of carbonyl (C=O) groups excluding carboxylic acids is 1. The van der Waals surface area contributed by atoms with Crippen molar-refractivity contribution in [1.82, 2.24) is 14.9 Å².